The lowest BCUT2D eigenvalue weighted by atomic mass is 10.2. The van der Waals surface area contributed by atoms with Crippen LogP contribution < -0.4 is 5.32 Å². The van der Waals surface area contributed by atoms with Gasteiger partial charge in [-0.1, -0.05) is 24.3 Å². The van der Waals surface area contributed by atoms with E-state index in [0.29, 0.717) is 5.69 Å². The fourth-order valence-electron chi connectivity index (χ4n) is 2.19. The smallest absolute Gasteiger partial charge is 0.270 e. The third-order valence-corrected chi connectivity index (χ3v) is 4.03. The Bertz CT molecular complexity index is 761. The zero-order valence-electron chi connectivity index (χ0n) is 12.5. The number of carbonyl (C=O) groups excluding carboxylic acids is 1. The van der Waals surface area contributed by atoms with Crippen LogP contribution >= 0.6 is 11.3 Å². The van der Waals surface area contributed by atoms with Crippen LogP contribution in [0.1, 0.15) is 24.3 Å². The summed E-state index contributed by atoms with van der Waals surface area (Å²) in [6.07, 6.45) is 0. The van der Waals surface area contributed by atoms with Crippen molar-refractivity contribution in [2.24, 2.45) is 0 Å². The Kier molecular flexibility index (Phi) is 4.06. The Balaban J connectivity index is 2.08. The predicted molar refractivity (Wildman–Crippen MR) is 89.5 cm³/mol. The third-order valence-electron chi connectivity index (χ3n) is 3.14. The van der Waals surface area contributed by atoms with Gasteiger partial charge in [-0.2, -0.15) is 5.10 Å². The predicted octanol–water partition coefficient (Wildman–Crippen LogP) is 3.74. The number of thiophene rings is 1. The summed E-state index contributed by atoms with van der Waals surface area (Å²) in [7, 11) is 0. The number of carbonyl (C=O) groups is 1. The quantitative estimate of drug-likeness (QED) is 0.798. The molecular weight excluding hydrogens is 294 g/mol. The molecule has 22 heavy (non-hydrogen) atoms. The van der Waals surface area contributed by atoms with Crippen LogP contribution in [0, 0.1) is 0 Å². The normalized spacial score (nSPS) is 10.9. The molecule has 0 aliphatic rings. The summed E-state index contributed by atoms with van der Waals surface area (Å²) in [4.78, 5) is 13.5. The highest BCUT2D eigenvalue weighted by molar-refractivity contribution is 7.13. The van der Waals surface area contributed by atoms with Crippen molar-refractivity contribution in [3.05, 3.63) is 59.6 Å². The van der Waals surface area contributed by atoms with Crippen LogP contribution in [-0.4, -0.2) is 21.7 Å². The minimum absolute atomic E-state index is 0.0804. The van der Waals surface area contributed by atoms with Crippen LogP contribution in [0.2, 0.25) is 0 Å². The van der Waals surface area contributed by atoms with Gasteiger partial charge in [-0.3, -0.25) is 4.79 Å². The SMILES string of the molecule is CC(C)NC(=O)c1cc(-c2cccs2)nn1-c1ccccc1. The van der Waals surface area contributed by atoms with Gasteiger partial charge in [-0.15, -0.1) is 11.3 Å². The Hall–Kier alpha value is -2.40. The number of hydrogen-bond acceptors (Lipinski definition) is 3. The van der Waals surface area contributed by atoms with Crippen molar-refractivity contribution >= 4 is 17.2 Å². The molecular formula is C17H17N3OS. The average molecular weight is 311 g/mol. The highest BCUT2D eigenvalue weighted by Crippen LogP contribution is 2.25. The molecule has 0 saturated heterocycles. The second kappa shape index (κ2) is 6.15. The first-order chi connectivity index (χ1) is 10.6. The van der Waals surface area contributed by atoms with Gasteiger partial charge in [-0.05, 0) is 43.5 Å². The lowest BCUT2D eigenvalue weighted by molar-refractivity contribution is 0.0935. The molecule has 0 fully saturated rings. The maximum atomic E-state index is 12.5. The molecule has 112 valence electrons. The first kappa shape index (κ1) is 14.5. The molecule has 0 saturated carbocycles. The molecule has 2 heterocycles. The summed E-state index contributed by atoms with van der Waals surface area (Å²) in [5.41, 5.74) is 2.23. The highest BCUT2D eigenvalue weighted by Gasteiger charge is 2.18. The zero-order valence-corrected chi connectivity index (χ0v) is 13.3. The van der Waals surface area contributed by atoms with Crippen molar-refractivity contribution < 1.29 is 4.79 Å². The van der Waals surface area contributed by atoms with E-state index < -0.39 is 0 Å². The van der Waals surface area contributed by atoms with E-state index in [1.165, 1.54) is 0 Å². The van der Waals surface area contributed by atoms with E-state index in [-0.39, 0.29) is 11.9 Å². The second-order valence-corrected chi connectivity index (χ2v) is 6.22. The lowest BCUT2D eigenvalue weighted by Crippen LogP contribution is -2.31. The van der Waals surface area contributed by atoms with Gasteiger partial charge >= 0.3 is 0 Å². The maximum Gasteiger partial charge on any atom is 0.270 e. The van der Waals surface area contributed by atoms with Crippen LogP contribution in [0.3, 0.4) is 0 Å². The summed E-state index contributed by atoms with van der Waals surface area (Å²) in [6.45, 7) is 3.89. The summed E-state index contributed by atoms with van der Waals surface area (Å²) in [5, 5.41) is 9.55. The van der Waals surface area contributed by atoms with Crippen LogP contribution in [-0.2, 0) is 0 Å². The van der Waals surface area contributed by atoms with Gasteiger partial charge in [0.15, 0.2) is 0 Å². The van der Waals surface area contributed by atoms with Crippen molar-refractivity contribution in [1.82, 2.24) is 15.1 Å². The van der Waals surface area contributed by atoms with Gasteiger partial charge in [0.25, 0.3) is 5.91 Å². The number of para-hydroxylation sites is 1. The van der Waals surface area contributed by atoms with E-state index >= 15 is 0 Å². The molecule has 1 amide bonds. The van der Waals surface area contributed by atoms with E-state index in [1.54, 1.807) is 16.0 Å². The second-order valence-electron chi connectivity index (χ2n) is 5.27. The molecule has 0 bridgehead atoms. The minimum Gasteiger partial charge on any atom is -0.349 e. The molecule has 4 nitrogen and oxygen atoms in total. The topological polar surface area (TPSA) is 46.9 Å². The fraction of sp³-hybridized carbons (Fsp3) is 0.176. The maximum absolute atomic E-state index is 12.5. The summed E-state index contributed by atoms with van der Waals surface area (Å²) in [5.74, 6) is -0.117. The Morgan fingerprint density at radius 1 is 1.18 bits per heavy atom. The van der Waals surface area contributed by atoms with Crippen molar-refractivity contribution in [1.29, 1.82) is 0 Å². The van der Waals surface area contributed by atoms with Crippen molar-refractivity contribution in [2.45, 2.75) is 19.9 Å². The third kappa shape index (κ3) is 2.94. The summed E-state index contributed by atoms with van der Waals surface area (Å²) >= 11 is 1.61. The van der Waals surface area contributed by atoms with Crippen molar-refractivity contribution in [3.63, 3.8) is 0 Å². The molecule has 5 heteroatoms. The molecule has 0 aliphatic carbocycles. The van der Waals surface area contributed by atoms with Crippen molar-refractivity contribution in [3.8, 4) is 16.3 Å². The first-order valence-corrected chi connectivity index (χ1v) is 8.03. The molecule has 3 aromatic rings. The molecule has 3 rings (SSSR count). The number of amides is 1. The molecule has 0 atom stereocenters. The van der Waals surface area contributed by atoms with E-state index in [1.807, 2.05) is 67.8 Å². The molecule has 0 spiro atoms. The van der Waals surface area contributed by atoms with E-state index in [2.05, 4.69) is 10.4 Å². The molecule has 1 N–H and O–H groups in total. The van der Waals surface area contributed by atoms with E-state index in [9.17, 15) is 4.79 Å². The van der Waals surface area contributed by atoms with Gasteiger partial charge in [0.1, 0.15) is 11.4 Å². The number of aromatic nitrogens is 2. The van der Waals surface area contributed by atoms with Gasteiger partial charge in [0, 0.05) is 6.04 Å². The molecule has 0 unspecified atom stereocenters. The Labute approximate surface area is 133 Å². The number of hydrogen-bond donors (Lipinski definition) is 1. The van der Waals surface area contributed by atoms with Crippen molar-refractivity contribution in [2.75, 3.05) is 0 Å². The summed E-state index contributed by atoms with van der Waals surface area (Å²) in [6, 6.07) is 15.6. The fourth-order valence-corrected chi connectivity index (χ4v) is 2.87. The minimum atomic E-state index is -0.117. The van der Waals surface area contributed by atoms with E-state index in [4.69, 9.17) is 0 Å². The molecule has 2 aromatic heterocycles. The number of rotatable bonds is 4. The zero-order chi connectivity index (χ0) is 15.5. The van der Waals surface area contributed by atoms with Crippen LogP contribution in [0.25, 0.3) is 16.3 Å². The van der Waals surface area contributed by atoms with Gasteiger partial charge in [0.05, 0.1) is 10.6 Å². The lowest BCUT2D eigenvalue weighted by Gasteiger charge is -2.10. The monoisotopic (exact) mass is 311 g/mol. The number of benzene rings is 1. The molecule has 0 aliphatic heterocycles. The Morgan fingerprint density at radius 3 is 2.59 bits per heavy atom. The van der Waals surface area contributed by atoms with Gasteiger partial charge in [0.2, 0.25) is 0 Å². The summed E-state index contributed by atoms with van der Waals surface area (Å²) < 4.78 is 1.70. The van der Waals surface area contributed by atoms with Gasteiger partial charge < -0.3 is 5.32 Å². The van der Waals surface area contributed by atoms with E-state index in [0.717, 1.165) is 16.3 Å². The van der Waals surface area contributed by atoms with Crippen LogP contribution in [0.15, 0.2) is 53.9 Å². The first-order valence-electron chi connectivity index (χ1n) is 7.15. The molecule has 1 aromatic carbocycles. The van der Waals surface area contributed by atoms with Crippen LogP contribution in [0.5, 0.6) is 0 Å². The largest absolute Gasteiger partial charge is 0.349 e. The Morgan fingerprint density at radius 2 is 1.95 bits per heavy atom. The standard InChI is InChI=1S/C17H17N3OS/c1-12(2)18-17(21)15-11-14(16-9-6-10-22-16)19-20(15)13-7-4-3-5-8-13/h3-12H,1-2H3,(H,18,21). The average Bonchev–Trinajstić information content (AvgIpc) is 3.16. The molecule has 0 radical (unpaired) electrons. The van der Waals surface area contributed by atoms with Gasteiger partial charge in [-0.25, -0.2) is 4.68 Å². The number of nitrogens with one attached hydrogen (secondary N) is 1. The van der Waals surface area contributed by atoms with Crippen LogP contribution in [0.4, 0.5) is 0 Å². The number of nitrogens with zero attached hydrogens (tertiary/aromatic N) is 2. The highest BCUT2D eigenvalue weighted by atomic mass is 32.1.